The van der Waals surface area contributed by atoms with E-state index in [1.54, 1.807) is 0 Å². The second kappa shape index (κ2) is 5.16. The van der Waals surface area contributed by atoms with Gasteiger partial charge in [0, 0.05) is 5.56 Å². The molecule has 2 rings (SSSR count). The van der Waals surface area contributed by atoms with Crippen molar-refractivity contribution in [2.24, 2.45) is 0 Å². The van der Waals surface area contributed by atoms with Crippen molar-refractivity contribution < 1.29 is 23.8 Å². The molecule has 1 atom stereocenters. The molecule has 0 aliphatic carbocycles. The lowest BCUT2D eigenvalue weighted by atomic mass is 10.0. The Kier molecular flexibility index (Phi) is 3.57. The van der Waals surface area contributed by atoms with Crippen LogP contribution in [0.15, 0.2) is 42.5 Å². The molecular weight excluding hydrogens is 254 g/mol. The third kappa shape index (κ3) is 2.77. The number of carbonyl (C=O) groups is 1. The summed E-state index contributed by atoms with van der Waals surface area (Å²) in [6, 6.07) is 9.23. The van der Waals surface area contributed by atoms with E-state index in [4.69, 9.17) is 5.11 Å². The highest BCUT2D eigenvalue weighted by Crippen LogP contribution is 2.25. The van der Waals surface area contributed by atoms with Crippen LogP contribution in [0.2, 0.25) is 0 Å². The number of carboxylic acids is 1. The molecule has 98 valence electrons. The number of aliphatic hydroxyl groups excluding tert-OH is 1. The molecule has 0 saturated heterocycles. The van der Waals surface area contributed by atoms with Gasteiger partial charge in [-0.25, -0.2) is 13.6 Å². The summed E-state index contributed by atoms with van der Waals surface area (Å²) in [7, 11) is 0. The van der Waals surface area contributed by atoms with E-state index in [9.17, 15) is 18.7 Å². The van der Waals surface area contributed by atoms with E-state index >= 15 is 0 Å². The molecule has 0 aliphatic heterocycles. The average Bonchev–Trinajstić information content (AvgIpc) is 2.38. The van der Waals surface area contributed by atoms with Gasteiger partial charge in [0.15, 0.2) is 6.10 Å². The molecule has 2 aromatic rings. The van der Waals surface area contributed by atoms with Crippen molar-refractivity contribution in [1.82, 2.24) is 0 Å². The molecule has 0 bridgehead atoms. The molecule has 0 fully saturated rings. The maximum Gasteiger partial charge on any atom is 0.337 e. The number of halogens is 2. The molecule has 2 N–H and O–H groups in total. The van der Waals surface area contributed by atoms with Crippen LogP contribution in [0.25, 0.3) is 11.1 Å². The Balaban J connectivity index is 2.38. The zero-order chi connectivity index (χ0) is 14.0. The van der Waals surface area contributed by atoms with E-state index in [1.165, 1.54) is 36.4 Å². The van der Waals surface area contributed by atoms with Crippen molar-refractivity contribution in [1.29, 1.82) is 0 Å². The van der Waals surface area contributed by atoms with Crippen LogP contribution >= 0.6 is 0 Å². The quantitative estimate of drug-likeness (QED) is 0.896. The molecule has 5 heteroatoms. The normalized spacial score (nSPS) is 12.2. The van der Waals surface area contributed by atoms with Crippen LogP contribution in [0.4, 0.5) is 8.78 Å². The predicted octanol–water partition coefficient (Wildman–Crippen LogP) is 2.75. The van der Waals surface area contributed by atoms with Crippen molar-refractivity contribution in [3.05, 3.63) is 59.7 Å². The molecular formula is C14H10F2O3. The highest BCUT2D eigenvalue weighted by molar-refractivity contribution is 5.75. The highest BCUT2D eigenvalue weighted by Gasteiger charge is 2.20. The van der Waals surface area contributed by atoms with Crippen LogP contribution in [0.1, 0.15) is 11.7 Å². The summed E-state index contributed by atoms with van der Waals surface area (Å²) in [5.74, 6) is -2.74. The lowest BCUT2D eigenvalue weighted by Gasteiger charge is -2.09. The third-order valence-corrected chi connectivity index (χ3v) is 2.71. The van der Waals surface area contributed by atoms with Crippen LogP contribution in [0.5, 0.6) is 0 Å². The van der Waals surface area contributed by atoms with Crippen molar-refractivity contribution in [2.75, 3.05) is 0 Å². The van der Waals surface area contributed by atoms with E-state index < -0.39 is 23.7 Å². The molecule has 0 amide bonds. The van der Waals surface area contributed by atoms with Gasteiger partial charge in [0.25, 0.3) is 0 Å². The van der Waals surface area contributed by atoms with Gasteiger partial charge in [0.05, 0.1) is 0 Å². The first-order valence-corrected chi connectivity index (χ1v) is 5.45. The van der Waals surface area contributed by atoms with Crippen LogP contribution in [-0.2, 0) is 4.79 Å². The Labute approximate surface area is 107 Å². The minimum atomic E-state index is -1.90. The number of rotatable bonds is 3. The topological polar surface area (TPSA) is 57.5 Å². The Hall–Kier alpha value is -2.27. The number of benzene rings is 2. The molecule has 0 aliphatic rings. The van der Waals surface area contributed by atoms with E-state index in [1.807, 2.05) is 0 Å². The van der Waals surface area contributed by atoms with Gasteiger partial charge >= 0.3 is 5.97 Å². The Bertz CT molecular complexity index is 609. The summed E-state index contributed by atoms with van der Waals surface area (Å²) >= 11 is 0. The number of aliphatic carboxylic acids is 1. The van der Waals surface area contributed by atoms with Crippen LogP contribution in [-0.4, -0.2) is 16.2 Å². The van der Waals surface area contributed by atoms with Crippen molar-refractivity contribution in [2.45, 2.75) is 6.10 Å². The highest BCUT2D eigenvalue weighted by atomic mass is 19.1. The maximum absolute atomic E-state index is 13.7. The van der Waals surface area contributed by atoms with Gasteiger partial charge in [-0.3, -0.25) is 0 Å². The van der Waals surface area contributed by atoms with Gasteiger partial charge in [-0.2, -0.15) is 0 Å². The molecule has 1 unspecified atom stereocenters. The molecule has 0 heterocycles. The standard InChI is InChI=1S/C14H10F2O3/c15-10-4-1-8(2-5-10)9-3-6-11(12(16)7-9)13(17)14(18)19/h1-7,13,17H,(H,18,19). The Morgan fingerprint density at radius 3 is 2.11 bits per heavy atom. The Morgan fingerprint density at radius 1 is 1.00 bits per heavy atom. The summed E-state index contributed by atoms with van der Waals surface area (Å²) in [6.07, 6.45) is -1.90. The second-order valence-electron chi connectivity index (χ2n) is 3.98. The van der Waals surface area contributed by atoms with Gasteiger partial charge in [0.1, 0.15) is 11.6 Å². The molecule has 0 radical (unpaired) electrons. The smallest absolute Gasteiger partial charge is 0.337 e. The van der Waals surface area contributed by atoms with Gasteiger partial charge in [-0.15, -0.1) is 0 Å². The lowest BCUT2D eigenvalue weighted by molar-refractivity contribution is -0.147. The number of hydrogen-bond donors (Lipinski definition) is 2. The summed E-state index contributed by atoms with van der Waals surface area (Å²) in [5.41, 5.74) is 0.758. The summed E-state index contributed by atoms with van der Waals surface area (Å²) < 4.78 is 26.5. The number of aliphatic hydroxyl groups is 1. The van der Waals surface area contributed by atoms with Crippen molar-refractivity contribution in [3.63, 3.8) is 0 Å². The fraction of sp³-hybridized carbons (Fsp3) is 0.0714. The first-order chi connectivity index (χ1) is 8.99. The Morgan fingerprint density at radius 2 is 1.58 bits per heavy atom. The van der Waals surface area contributed by atoms with Gasteiger partial charge in [0.2, 0.25) is 0 Å². The predicted molar refractivity (Wildman–Crippen MR) is 64.4 cm³/mol. The molecule has 0 aromatic heterocycles. The molecule has 19 heavy (non-hydrogen) atoms. The SMILES string of the molecule is O=C(O)C(O)c1ccc(-c2ccc(F)cc2)cc1F. The summed E-state index contributed by atoms with van der Waals surface area (Å²) in [6.45, 7) is 0. The maximum atomic E-state index is 13.7. The molecule has 0 spiro atoms. The van der Waals surface area contributed by atoms with Gasteiger partial charge in [-0.1, -0.05) is 24.3 Å². The fourth-order valence-electron chi connectivity index (χ4n) is 1.70. The number of carboxylic acid groups (broad SMARTS) is 1. The van der Waals surface area contributed by atoms with Crippen LogP contribution in [0.3, 0.4) is 0 Å². The van der Waals surface area contributed by atoms with Gasteiger partial charge in [-0.05, 0) is 29.3 Å². The van der Waals surface area contributed by atoms with Crippen LogP contribution in [0, 0.1) is 11.6 Å². The monoisotopic (exact) mass is 264 g/mol. The fourth-order valence-corrected chi connectivity index (χ4v) is 1.70. The van der Waals surface area contributed by atoms with Crippen molar-refractivity contribution in [3.8, 4) is 11.1 Å². The minimum absolute atomic E-state index is 0.307. The minimum Gasteiger partial charge on any atom is -0.479 e. The largest absolute Gasteiger partial charge is 0.479 e. The molecule has 0 saturated carbocycles. The second-order valence-corrected chi connectivity index (χ2v) is 3.98. The van der Waals surface area contributed by atoms with E-state index in [0.717, 1.165) is 6.07 Å². The van der Waals surface area contributed by atoms with E-state index in [0.29, 0.717) is 11.1 Å². The van der Waals surface area contributed by atoms with Gasteiger partial charge < -0.3 is 10.2 Å². The molecule has 2 aromatic carbocycles. The molecule has 3 nitrogen and oxygen atoms in total. The average molecular weight is 264 g/mol. The summed E-state index contributed by atoms with van der Waals surface area (Å²) in [5, 5.41) is 17.9. The third-order valence-electron chi connectivity index (χ3n) is 2.71. The van der Waals surface area contributed by atoms with E-state index in [2.05, 4.69) is 0 Å². The first kappa shape index (κ1) is 13.2. The summed E-state index contributed by atoms with van der Waals surface area (Å²) in [4.78, 5) is 10.6. The lowest BCUT2D eigenvalue weighted by Crippen LogP contribution is -2.12. The number of hydrogen-bond acceptors (Lipinski definition) is 2. The van der Waals surface area contributed by atoms with Crippen LogP contribution < -0.4 is 0 Å². The zero-order valence-electron chi connectivity index (χ0n) is 9.68. The zero-order valence-corrected chi connectivity index (χ0v) is 9.68. The first-order valence-electron chi connectivity index (χ1n) is 5.45. The van der Waals surface area contributed by atoms with E-state index in [-0.39, 0.29) is 5.56 Å². The van der Waals surface area contributed by atoms with Crippen molar-refractivity contribution >= 4 is 5.97 Å².